The van der Waals surface area contributed by atoms with E-state index in [-0.39, 0.29) is 0 Å². The van der Waals surface area contributed by atoms with Gasteiger partial charge < -0.3 is 10.6 Å². The molecule has 24 heavy (non-hydrogen) atoms. The van der Waals surface area contributed by atoms with Gasteiger partial charge in [-0.05, 0) is 50.6 Å². The minimum atomic E-state index is -1.30. The molecule has 0 unspecified atom stereocenters. The Morgan fingerprint density at radius 1 is 0.917 bits per heavy atom. The monoisotopic (exact) mass is 364 g/mol. The number of nitrogens with one attached hydrogen (secondary N) is 2. The SMILES string of the molecule is Cc1ccc(Cl)cc1NC(=O)C(C)(C)C(=O)Nc1ccccc1Cl. The number of hydrogen-bond acceptors (Lipinski definition) is 2. The van der Waals surface area contributed by atoms with E-state index < -0.39 is 17.2 Å². The van der Waals surface area contributed by atoms with Crippen molar-refractivity contribution in [1.29, 1.82) is 0 Å². The maximum Gasteiger partial charge on any atom is 0.239 e. The topological polar surface area (TPSA) is 58.2 Å². The number of anilines is 2. The number of para-hydroxylation sites is 1. The molecule has 0 spiro atoms. The normalized spacial score (nSPS) is 11.0. The van der Waals surface area contributed by atoms with E-state index in [2.05, 4.69) is 10.6 Å². The number of hydrogen-bond donors (Lipinski definition) is 2. The lowest BCUT2D eigenvalue weighted by Gasteiger charge is -2.23. The Labute approximate surface area is 151 Å². The first-order valence-electron chi connectivity index (χ1n) is 7.35. The fraction of sp³-hybridized carbons (Fsp3) is 0.222. The van der Waals surface area contributed by atoms with Crippen molar-refractivity contribution in [3.63, 3.8) is 0 Å². The third kappa shape index (κ3) is 4.08. The summed E-state index contributed by atoms with van der Waals surface area (Å²) in [4.78, 5) is 25.1. The Balaban J connectivity index is 2.16. The van der Waals surface area contributed by atoms with E-state index in [0.717, 1.165) is 5.56 Å². The summed E-state index contributed by atoms with van der Waals surface area (Å²) in [5.74, 6) is -0.884. The molecule has 0 aliphatic rings. The van der Waals surface area contributed by atoms with E-state index in [0.29, 0.717) is 21.4 Å². The van der Waals surface area contributed by atoms with Gasteiger partial charge in [0.15, 0.2) is 0 Å². The first kappa shape index (κ1) is 18.3. The van der Waals surface area contributed by atoms with Gasteiger partial charge in [-0.1, -0.05) is 41.4 Å². The van der Waals surface area contributed by atoms with Gasteiger partial charge in [0.1, 0.15) is 5.41 Å². The fourth-order valence-electron chi connectivity index (χ4n) is 1.95. The standard InChI is InChI=1S/C18H18Cl2N2O2/c1-11-8-9-12(19)10-15(11)22-17(24)18(2,3)16(23)21-14-7-5-4-6-13(14)20/h4-10H,1-3H3,(H,21,23)(H,22,24). The largest absolute Gasteiger partial charge is 0.325 e. The van der Waals surface area contributed by atoms with E-state index >= 15 is 0 Å². The average Bonchev–Trinajstić information content (AvgIpc) is 2.53. The lowest BCUT2D eigenvalue weighted by Crippen LogP contribution is -2.41. The second kappa shape index (κ2) is 7.24. The fourth-order valence-corrected chi connectivity index (χ4v) is 2.31. The van der Waals surface area contributed by atoms with Gasteiger partial charge in [-0.25, -0.2) is 0 Å². The highest BCUT2D eigenvalue weighted by Crippen LogP contribution is 2.27. The highest BCUT2D eigenvalue weighted by Gasteiger charge is 2.36. The van der Waals surface area contributed by atoms with E-state index in [1.807, 2.05) is 6.92 Å². The molecule has 2 aromatic rings. The first-order chi connectivity index (χ1) is 11.2. The quantitative estimate of drug-likeness (QED) is 0.757. The average molecular weight is 365 g/mol. The van der Waals surface area contributed by atoms with Crippen LogP contribution >= 0.6 is 23.2 Å². The molecule has 0 radical (unpaired) electrons. The first-order valence-corrected chi connectivity index (χ1v) is 8.11. The molecule has 6 heteroatoms. The van der Waals surface area contributed by atoms with Crippen molar-refractivity contribution in [1.82, 2.24) is 0 Å². The zero-order valence-electron chi connectivity index (χ0n) is 13.6. The number of aryl methyl sites for hydroxylation is 1. The Bertz CT molecular complexity index is 788. The number of amides is 2. The molecule has 126 valence electrons. The Kier molecular flexibility index (Phi) is 5.52. The molecule has 2 amide bonds. The summed E-state index contributed by atoms with van der Waals surface area (Å²) in [5, 5.41) is 6.36. The molecule has 0 aliphatic heterocycles. The molecule has 2 aromatic carbocycles. The molecule has 0 atom stereocenters. The zero-order valence-corrected chi connectivity index (χ0v) is 15.1. The van der Waals surface area contributed by atoms with Crippen LogP contribution in [0, 0.1) is 12.3 Å². The van der Waals surface area contributed by atoms with Crippen molar-refractivity contribution in [2.24, 2.45) is 5.41 Å². The molecule has 0 aromatic heterocycles. The molecular weight excluding hydrogens is 347 g/mol. The molecular formula is C18H18Cl2N2O2. The predicted octanol–water partition coefficient (Wildman–Crippen LogP) is 4.91. The van der Waals surface area contributed by atoms with Crippen molar-refractivity contribution < 1.29 is 9.59 Å². The van der Waals surface area contributed by atoms with Crippen LogP contribution in [0.4, 0.5) is 11.4 Å². The van der Waals surface area contributed by atoms with Gasteiger partial charge in [-0.3, -0.25) is 9.59 Å². The van der Waals surface area contributed by atoms with Crippen LogP contribution in [-0.4, -0.2) is 11.8 Å². The second-order valence-electron chi connectivity index (χ2n) is 5.97. The molecule has 0 fully saturated rings. The van der Waals surface area contributed by atoms with Crippen LogP contribution in [0.2, 0.25) is 10.0 Å². The zero-order chi connectivity index (χ0) is 17.9. The molecule has 2 rings (SSSR count). The van der Waals surface area contributed by atoms with Crippen molar-refractivity contribution in [2.45, 2.75) is 20.8 Å². The van der Waals surface area contributed by atoms with Crippen LogP contribution in [0.3, 0.4) is 0 Å². The minimum absolute atomic E-state index is 0.410. The lowest BCUT2D eigenvalue weighted by molar-refractivity contribution is -0.135. The third-order valence-corrected chi connectivity index (χ3v) is 4.27. The van der Waals surface area contributed by atoms with Crippen LogP contribution in [0.5, 0.6) is 0 Å². The molecule has 0 heterocycles. The van der Waals surface area contributed by atoms with Crippen LogP contribution in [-0.2, 0) is 9.59 Å². The second-order valence-corrected chi connectivity index (χ2v) is 6.82. The highest BCUT2D eigenvalue weighted by atomic mass is 35.5. The summed E-state index contributed by atoms with van der Waals surface area (Å²) in [6.07, 6.45) is 0. The Morgan fingerprint density at radius 2 is 1.50 bits per heavy atom. The van der Waals surface area contributed by atoms with Gasteiger partial charge >= 0.3 is 0 Å². The van der Waals surface area contributed by atoms with Gasteiger partial charge in [-0.2, -0.15) is 0 Å². The molecule has 0 aliphatic carbocycles. The number of rotatable bonds is 4. The van der Waals surface area contributed by atoms with Gasteiger partial charge in [0.25, 0.3) is 0 Å². The summed E-state index contributed by atoms with van der Waals surface area (Å²) in [6.45, 7) is 4.95. The Morgan fingerprint density at radius 3 is 2.12 bits per heavy atom. The summed E-state index contributed by atoms with van der Waals surface area (Å²) < 4.78 is 0. The van der Waals surface area contributed by atoms with Crippen molar-refractivity contribution in [3.8, 4) is 0 Å². The molecule has 0 bridgehead atoms. The molecule has 2 N–H and O–H groups in total. The van der Waals surface area contributed by atoms with E-state index in [9.17, 15) is 9.59 Å². The van der Waals surface area contributed by atoms with Crippen molar-refractivity contribution >= 4 is 46.4 Å². The number of carbonyl (C=O) groups excluding carboxylic acids is 2. The highest BCUT2D eigenvalue weighted by molar-refractivity contribution is 6.34. The van der Waals surface area contributed by atoms with Gasteiger partial charge in [0.2, 0.25) is 11.8 Å². The minimum Gasteiger partial charge on any atom is -0.325 e. The predicted molar refractivity (Wildman–Crippen MR) is 98.7 cm³/mol. The smallest absolute Gasteiger partial charge is 0.239 e. The molecule has 0 saturated heterocycles. The van der Waals surface area contributed by atoms with Crippen LogP contribution in [0.1, 0.15) is 19.4 Å². The number of benzene rings is 2. The van der Waals surface area contributed by atoms with Crippen LogP contribution < -0.4 is 10.6 Å². The van der Waals surface area contributed by atoms with E-state index in [1.165, 1.54) is 0 Å². The number of halogens is 2. The third-order valence-electron chi connectivity index (χ3n) is 3.71. The van der Waals surface area contributed by atoms with Crippen molar-refractivity contribution in [2.75, 3.05) is 10.6 Å². The van der Waals surface area contributed by atoms with Crippen molar-refractivity contribution in [3.05, 3.63) is 58.1 Å². The molecule has 0 saturated carbocycles. The summed E-state index contributed by atoms with van der Waals surface area (Å²) in [5.41, 5.74) is 0.596. The van der Waals surface area contributed by atoms with Crippen LogP contribution in [0.25, 0.3) is 0 Å². The summed E-state index contributed by atoms with van der Waals surface area (Å²) >= 11 is 12.0. The summed E-state index contributed by atoms with van der Waals surface area (Å²) in [6, 6.07) is 12.0. The lowest BCUT2D eigenvalue weighted by atomic mass is 9.90. The summed E-state index contributed by atoms with van der Waals surface area (Å²) in [7, 11) is 0. The Hall–Kier alpha value is -2.04. The van der Waals surface area contributed by atoms with Gasteiger partial charge in [0.05, 0.1) is 10.7 Å². The molecule has 4 nitrogen and oxygen atoms in total. The van der Waals surface area contributed by atoms with E-state index in [4.69, 9.17) is 23.2 Å². The maximum absolute atomic E-state index is 12.6. The van der Waals surface area contributed by atoms with Crippen LogP contribution in [0.15, 0.2) is 42.5 Å². The number of carbonyl (C=O) groups is 2. The van der Waals surface area contributed by atoms with Gasteiger partial charge in [-0.15, -0.1) is 0 Å². The maximum atomic E-state index is 12.6. The van der Waals surface area contributed by atoms with E-state index in [1.54, 1.807) is 56.3 Å². The van der Waals surface area contributed by atoms with Gasteiger partial charge in [0, 0.05) is 10.7 Å².